The maximum absolute atomic E-state index is 10.3. The van der Waals surface area contributed by atoms with Gasteiger partial charge in [-0.1, -0.05) is 0 Å². The fraction of sp³-hybridized carbons (Fsp3) is 0.167. The number of urea groups is 1. The first kappa shape index (κ1) is 7.46. The summed E-state index contributed by atoms with van der Waals surface area (Å²) in [4.78, 5) is 10.3. The molecule has 0 aliphatic heterocycles. The van der Waals surface area contributed by atoms with Gasteiger partial charge in [0.25, 0.3) is 0 Å². The molecular formula is C6H8N4O. The minimum atomic E-state index is -0.634. The smallest absolute Gasteiger partial charge is 0.317 e. The zero-order chi connectivity index (χ0) is 8.27. The molecule has 58 valence electrons. The molecule has 0 aromatic carbocycles. The highest BCUT2D eigenvalue weighted by molar-refractivity contribution is 5.86. The van der Waals surface area contributed by atoms with Gasteiger partial charge in [0, 0.05) is 0 Å². The van der Waals surface area contributed by atoms with E-state index in [-0.39, 0.29) is 0 Å². The van der Waals surface area contributed by atoms with E-state index >= 15 is 0 Å². The van der Waals surface area contributed by atoms with Gasteiger partial charge in [0.15, 0.2) is 5.82 Å². The summed E-state index contributed by atoms with van der Waals surface area (Å²) in [6, 6.07) is 1.04. The van der Waals surface area contributed by atoms with Crippen LogP contribution in [0, 0.1) is 6.92 Å². The molecule has 3 N–H and O–H groups in total. The molecule has 0 radical (unpaired) electrons. The molecule has 0 fully saturated rings. The van der Waals surface area contributed by atoms with Crippen molar-refractivity contribution in [3.05, 3.63) is 17.8 Å². The van der Waals surface area contributed by atoms with Crippen LogP contribution in [0.5, 0.6) is 0 Å². The van der Waals surface area contributed by atoms with E-state index in [1.165, 1.54) is 0 Å². The molecule has 0 saturated heterocycles. The van der Waals surface area contributed by atoms with Gasteiger partial charge in [-0.05, 0) is 18.6 Å². The van der Waals surface area contributed by atoms with Gasteiger partial charge in [-0.15, -0.1) is 5.10 Å². The van der Waals surface area contributed by atoms with Crippen molar-refractivity contribution in [1.82, 2.24) is 10.2 Å². The van der Waals surface area contributed by atoms with Gasteiger partial charge < -0.3 is 5.73 Å². The molecule has 5 heteroatoms. The molecule has 0 unspecified atom stereocenters. The van der Waals surface area contributed by atoms with Gasteiger partial charge in [-0.25, -0.2) is 4.79 Å². The number of aromatic nitrogens is 2. The first-order valence-electron chi connectivity index (χ1n) is 3.04. The molecule has 1 rings (SSSR count). The normalized spacial score (nSPS) is 9.18. The van der Waals surface area contributed by atoms with Crippen molar-refractivity contribution in [2.75, 3.05) is 5.32 Å². The van der Waals surface area contributed by atoms with Crippen LogP contribution in [0.3, 0.4) is 0 Å². The number of aryl methyl sites for hydroxylation is 1. The van der Waals surface area contributed by atoms with Gasteiger partial charge in [0.1, 0.15) is 0 Å². The summed E-state index contributed by atoms with van der Waals surface area (Å²) in [5.74, 6) is 0.373. The number of rotatable bonds is 1. The fourth-order valence-corrected chi connectivity index (χ4v) is 0.651. The van der Waals surface area contributed by atoms with Crippen LogP contribution in [-0.4, -0.2) is 16.2 Å². The summed E-state index contributed by atoms with van der Waals surface area (Å²) in [5, 5.41) is 9.55. The molecule has 11 heavy (non-hydrogen) atoms. The summed E-state index contributed by atoms with van der Waals surface area (Å²) < 4.78 is 0. The maximum Gasteiger partial charge on any atom is 0.317 e. The average Bonchev–Trinajstić information content (AvgIpc) is 1.85. The van der Waals surface area contributed by atoms with Crippen LogP contribution in [0.4, 0.5) is 10.6 Å². The van der Waals surface area contributed by atoms with E-state index in [1.54, 1.807) is 12.3 Å². The highest BCUT2D eigenvalue weighted by Gasteiger charge is 1.96. The highest BCUT2D eigenvalue weighted by Crippen LogP contribution is 2.01. The number of carbonyl (C=O) groups excluding carboxylic acids is 1. The molecule has 0 aliphatic rings. The lowest BCUT2D eigenvalue weighted by molar-refractivity contribution is 0.259. The molecular weight excluding hydrogens is 144 g/mol. The minimum Gasteiger partial charge on any atom is -0.351 e. The van der Waals surface area contributed by atoms with E-state index in [0.717, 1.165) is 5.56 Å². The quantitative estimate of drug-likeness (QED) is 0.606. The summed E-state index contributed by atoms with van der Waals surface area (Å²) in [6.45, 7) is 1.85. The Hall–Kier alpha value is -1.65. The highest BCUT2D eigenvalue weighted by atomic mass is 16.2. The minimum absolute atomic E-state index is 0.373. The Balaban J connectivity index is 2.79. The average molecular weight is 152 g/mol. The Morgan fingerprint density at radius 2 is 2.45 bits per heavy atom. The van der Waals surface area contributed by atoms with Crippen molar-refractivity contribution >= 4 is 11.8 Å². The number of nitrogens with two attached hydrogens (primary N) is 1. The second-order valence-electron chi connectivity index (χ2n) is 2.11. The van der Waals surface area contributed by atoms with Gasteiger partial charge in [-0.3, -0.25) is 5.32 Å². The van der Waals surface area contributed by atoms with Crippen molar-refractivity contribution < 1.29 is 4.79 Å². The monoisotopic (exact) mass is 152 g/mol. The predicted molar refractivity (Wildman–Crippen MR) is 40.0 cm³/mol. The van der Waals surface area contributed by atoms with Crippen LogP contribution < -0.4 is 11.1 Å². The van der Waals surface area contributed by atoms with Crippen LogP contribution in [0.2, 0.25) is 0 Å². The first-order chi connectivity index (χ1) is 5.18. The Morgan fingerprint density at radius 1 is 1.73 bits per heavy atom. The summed E-state index contributed by atoms with van der Waals surface area (Å²) >= 11 is 0. The third-order valence-corrected chi connectivity index (χ3v) is 1.04. The number of primary amides is 1. The molecule has 5 nitrogen and oxygen atoms in total. The lowest BCUT2D eigenvalue weighted by Gasteiger charge is -1.98. The van der Waals surface area contributed by atoms with E-state index < -0.39 is 6.03 Å². The Labute approximate surface area is 63.6 Å². The fourth-order valence-electron chi connectivity index (χ4n) is 0.651. The molecule has 0 aliphatic carbocycles. The number of nitrogens with one attached hydrogen (secondary N) is 1. The number of hydrogen-bond donors (Lipinski definition) is 2. The van der Waals surface area contributed by atoms with Gasteiger partial charge in [0.2, 0.25) is 0 Å². The topological polar surface area (TPSA) is 80.9 Å². The van der Waals surface area contributed by atoms with Crippen LogP contribution in [0.25, 0.3) is 0 Å². The molecule has 1 heterocycles. The van der Waals surface area contributed by atoms with Gasteiger partial charge in [0.05, 0.1) is 6.20 Å². The largest absolute Gasteiger partial charge is 0.351 e. The molecule has 0 spiro atoms. The molecule has 1 aromatic rings. The van der Waals surface area contributed by atoms with Crippen LogP contribution in [0.1, 0.15) is 5.56 Å². The number of hydrogen-bond acceptors (Lipinski definition) is 3. The van der Waals surface area contributed by atoms with Crippen LogP contribution in [-0.2, 0) is 0 Å². The first-order valence-corrected chi connectivity index (χ1v) is 3.04. The van der Waals surface area contributed by atoms with Crippen molar-refractivity contribution in [3.63, 3.8) is 0 Å². The number of amides is 2. The maximum atomic E-state index is 10.3. The third-order valence-electron chi connectivity index (χ3n) is 1.04. The van der Waals surface area contributed by atoms with Crippen LogP contribution in [0.15, 0.2) is 12.3 Å². The summed E-state index contributed by atoms with van der Waals surface area (Å²) in [7, 11) is 0. The lowest BCUT2D eigenvalue weighted by atomic mass is 10.3. The molecule has 1 aromatic heterocycles. The second-order valence-corrected chi connectivity index (χ2v) is 2.11. The van der Waals surface area contributed by atoms with Crippen molar-refractivity contribution in [2.45, 2.75) is 6.92 Å². The summed E-state index contributed by atoms with van der Waals surface area (Å²) in [6.07, 6.45) is 1.59. The predicted octanol–water partition coefficient (Wildman–Crippen LogP) is 0.276. The van der Waals surface area contributed by atoms with E-state index in [1.807, 2.05) is 6.92 Å². The Morgan fingerprint density at radius 3 is 3.00 bits per heavy atom. The molecule has 0 bridgehead atoms. The Kier molecular flexibility index (Phi) is 2.00. The standard InChI is InChI=1S/C6H8N4O/c1-4-2-5(9-6(7)11)10-8-3-4/h2-3H,1H3,(H3,7,9,10,11). The summed E-state index contributed by atoms with van der Waals surface area (Å²) in [5.41, 5.74) is 5.78. The number of nitrogens with zero attached hydrogens (tertiary/aromatic N) is 2. The van der Waals surface area contributed by atoms with Crippen molar-refractivity contribution in [3.8, 4) is 0 Å². The van der Waals surface area contributed by atoms with E-state index in [0.29, 0.717) is 5.82 Å². The number of anilines is 1. The zero-order valence-electron chi connectivity index (χ0n) is 6.03. The van der Waals surface area contributed by atoms with E-state index in [2.05, 4.69) is 15.5 Å². The molecule has 2 amide bonds. The lowest BCUT2D eigenvalue weighted by Crippen LogP contribution is -2.20. The molecule has 0 saturated carbocycles. The SMILES string of the molecule is Cc1cnnc(NC(N)=O)c1. The van der Waals surface area contributed by atoms with Crippen LogP contribution >= 0.6 is 0 Å². The Bertz CT molecular complexity index is 273. The number of carbonyl (C=O) groups is 1. The zero-order valence-corrected chi connectivity index (χ0v) is 6.03. The second kappa shape index (κ2) is 2.96. The van der Waals surface area contributed by atoms with Crippen molar-refractivity contribution in [2.24, 2.45) is 5.73 Å². The van der Waals surface area contributed by atoms with E-state index in [4.69, 9.17) is 5.73 Å². The van der Waals surface area contributed by atoms with Gasteiger partial charge >= 0.3 is 6.03 Å². The molecule has 0 atom stereocenters. The third kappa shape index (κ3) is 2.21. The van der Waals surface area contributed by atoms with Gasteiger partial charge in [-0.2, -0.15) is 5.10 Å². The van der Waals surface area contributed by atoms with Crippen molar-refractivity contribution in [1.29, 1.82) is 0 Å². The van der Waals surface area contributed by atoms with E-state index in [9.17, 15) is 4.79 Å².